The van der Waals surface area contributed by atoms with E-state index in [1.165, 1.54) is 24.0 Å². The lowest BCUT2D eigenvalue weighted by atomic mass is 10.1. The Morgan fingerprint density at radius 3 is 2.37 bits per heavy atom. The van der Waals surface area contributed by atoms with Crippen molar-refractivity contribution in [3.63, 3.8) is 0 Å². The molecule has 1 fully saturated rings. The number of benzene rings is 2. The Labute approximate surface area is 123 Å². The summed E-state index contributed by atoms with van der Waals surface area (Å²) in [4.78, 5) is 0. The maximum absolute atomic E-state index is 6.12. The van der Waals surface area contributed by atoms with Gasteiger partial charge in [-0.15, -0.1) is 0 Å². The van der Waals surface area contributed by atoms with Crippen LogP contribution in [0.4, 0.5) is 5.69 Å². The van der Waals surface area contributed by atoms with Crippen LogP contribution >= 0.6 is 23.2 Å². The topological polar surface area (TPSA) is 12.0 Å². The summed E-state index contributed by atoms with van der Waals surface area (Å²) >= 11 is 12.0. The highest BCUT2D eigenvalue weighted by Crippen LogP contribution is 2.39. The van der Waals surface area contributed by atoms with E-state index in [1.807, 2.05) is 12.1 Å². The van der Waals surface area contributed by atoms with Crippen LogP contribution in [0.25, 0.3) is 0 Å². The van der Waals surface area contributed by atoms with Gasteiger partial charge in [0.2, 0.25) is 0 Å². The maximum atomic E-state index is 6.12. The van der Waals surface area contributed by atoms with E-state index >= 15 is 0 Å². The quantitative estimate of drug-likeness (QED) is 0.786. The van der Waals surface area contributed by atoms with Crippen molar-refractivity contribution in [2.45, 2.75) is 25.3 Å². The zero-order valence-corrected chi connectivity index (χ0v) is 12.0. The second-order valence-corrected chi connectivity index (χ2v) is 5.84. The SMILES string of the molecule is Clc1ccc(NCc2ccc(C3CC3)cc2)c(Cl)c1. The van der Waals surface area contributed by atoms with Crippen molar-refractivity contribution in [2.24, 2.45) is 0 Å². The van der Waals surface area contributed by atoms with Gasteiger partial charge in [0.1, 0.15) is 0 Å². The zero-order chi connectivity index (χ0) is 13.2. The molecular formula is C16H15Cl2N. The minimum Gasteiger partial charge on any atom is -0.380 e. The van der Waals surface area contributed by atoms with Gasteiger partial charge in [-0.1, -0.05) is 47.5 Å². The average Bonchev–Trinajstić information content (AvgIpc) is 3.23. The van der Waals surface area contributed by atoms with Crippen molar-refractivity contribution in [1.82, 2.24) is 0 Å². The predicted molar refractivity (Wildman–Crippen MR) is 82.2 cm³/mol. The number of hydrogen-bond acceptors (Lipinski definition) is 1. The maximum Gasteiger partial charge on any atom is 0.0652 e. The van der Waals surface area contributed by atoms with Crippen LogP contribution in [0.5, 0.6) is 0 Å². The van der Waals surface area contributed by atoms with E-state index in [0.717, 1.165) is 18.2 Å². The number of halogens is 2. The van der Waals surface area contributed by atoms with Crippen molar-refractivity contribution >= 4 is 28.9 Å². The molecule has 0 bridgehead atoms. The van der Waals surface area contributed by atoms with Crippen LogP contribution in [-0.2, 0) is 6.54 Å². The van der Waals surface area contributed by atoms with Gasteiger partial charge in [0.25, 0.3) is 0 Å². The summed E-state index contributed by atoms with van der Waals surface area (Å²) in [5, 5.41) is 4.64. The molecule has 0 spiro atoms. The van der Waals surface area contributed by atoms with E-state index in [0.29, 0.717) is 10.0 Å². The fourth-order valence-corrected chi connectivity index (χ4v) is 2.63. The van der Waals surface area contributed by atoms with Gasteiger partial charge in [-0.25, -0.2) is 0 Å². The molecule has 0 aliphatic heterocycles. The fourth-order valence-electron chi connectivity index (χ4n) is 2.15. The smallest absolute Gasteiger partial charge is 0.0652 e. The first-order valence-electron chi connectivity index (χ1n) is 6.50. The molecule has 0 atom stereocenters. The Morgan fingerprint density at radius 2 is 1.74 bits per heavy atom. The highest BCUT2D eigenvalue weighted by atomic mass is 35.5. The van der Waals surface area contributed by atoms with Crippen LogP contribution in [0.15, 0.2) is 42.5 Å². The molecule has 1 nitrogen and oxygen atoms in total. The van der Waals surface area contributed by atoms with E-state index in [4.69, 9.17) is 23.2 Å². The molecule has 0 heterocycles. The summed E-state index contributed by atoms with van der Waals surface area (Å²) in [6.07, 6.45) is 2.69. The largest absolute Gasteiger partial charge is 0.380 e. The number of anilines is 1. The van der Waals surface area contributed by atoms with E-state index in [9.17, 15) is 0 Å². The van der Waals surface area contributed by atoms with Crippen molar-refractivity contribution in [3.05, 3.63) is 63.6 Å². The van der Waals surface area contributed by atoms with Crippen LogP contribution in [0.1, 0.15) is 29.9 Å². The third kappa shape index (κ3) is 3.23. The zero-order valence-electron chi connectivity index (χ0n) is 10.5. The van der Waals surface area contributed by atoms with Crippen LogP contribution in [0.2, 0.25) is 10.0 Å². The molecule has 3 rings (SSSR count). The van der Waals surface area contributed by atoms with E-state index in [-0.39, 0.29) is 0 Å². The summed E-state index contributed by atoms with van der Waals surface area (Å²) in [5.74, 6) is 0.813. The molecule has 0 amide bonds. The van der Waals surface area contributed by atoms with Gasteiger partial charge in [0.05, 0.1) is 10.7 Å². The third-order valence-corrected chi connectivity index (χ3v) is 3.99. The molecule has 0 radical (unpaired) electrons. The molecule has 1 N–H and O–H groups in total. The Kier molecular flexibility index (Phi) is 3.67. The lowest BCUT2D eigenvalue weighted by molar-refractivity contribution is 1.10. The number of nitrogens with one attached hydrogen (secondary N) is 1. The molecule has 0 aromatic heterocycles. The molecule has 1 aliphatic rings. The molecule has 19 heavy (non-hydrogen) atoms. The fraction of sp³-hybridized carbons (Fsp3) is 0.250. The Morgan fingerprint density at radius 1 is 1.00 bits per heavy atom. The molecule has 0 unspecified atom stereocenters. The Hall–Kier alpha value is -1.18. The summed E-state index contributed by atoms with van der Waals surface area (Å²) < 4.78 is 0. The number of rotatable bonds is 4. The minimum absolute atomic E-state index is 0.655. The molecule has 3 heteroatoms. The molecule has 0 saturated heterocycles. The Balaban J connectivity index is 1.64. The monoisotopic (exact) mass is 291 g/mol. The summed E-state index contributed by atoms with van der Waals surface area (Å²) in [5.41, 5.74) is 3.64. The van der Waals surface area contributed by atoms with Gasteiger partial charge in [0.15, 0.2) is 0 Å². The van der Waals surface area contributed by atoms with E-state index in [1.54, 1.807) is 6.07 Å². The van der Waals surface area contributed by atoms with Crippen molar-refractivity contribution < 1.29 is 0 Å². The lowest BCUT2D eigenvalue weighted by Gasteiger charge is -2.09. The normalized spacial score (nSPS) is 14.4. The molecular weight excluding hydrogens is 277 g/mol. The highest BCUT2D eigenvalue weighted by molar-refractivity contribution is 6.36. The van der Waals surface area contributed by atoms with Gasteiger partial charge in [0, 0.05) is 11.6 Å². The second kappa shape index (κ2) is 5.44. The van der Waals surface area contributed by atoms with Crippen LogP contribution in [-0.4, -0.2) is 0 Å². The first kappa shape index (κ1) is 12.8. The number of hydrogen-bond donors (Lipinski definition) is 1. The van der Waals surface area contributed by atoms with Gasteiger partial charge in [-0.05, 0) is 48.1 Å². The van der Waals surface area contributed by atoms with Crippen molar-refractivity contribution in [3.8, 4) is 0 Å². The summed E-state index contributed by atoms with van der Waals surface area (Å²) in [7, 11) is 0. The van der Waals surface area contributed by atoms with Crippen LogP contribution in [0, 0.1) is 0 Å². The van der Waals surface area contributed by atoms with Crippen LogP contribution < -0.4 is 5.32 Å². The van der Waals surface area contributed by atoms with Gasteiger partial charge < -0.3 is 5.32 Å². The molecule has 98 valence electrons. The summed E-state index contributed by atoms with van der Waals surface area (Å²) in [6.45, 7) is 0.770. The predicted octanol–water partition coefficient (Wildman–Crippen LogP) is 5.48. The standard InChI is InChI=1S/C16H15Cl2N/c17-14-7-8-16(15(18)9-14)19-10-11-1-3-12(4-2-11)13-5-6-13/h1-4,7-9,13,19H,5-6,10H2. The minimum atomic E-state index is 0.655. The van der Waals surface area contributed by atoms with Gasteiger partial charge in [-0.2, -0.15) is 0 Å². The lowest BCUT2D eigenvalue weighted by Crippen LogP contribution is -1.99. The van der Waals surface area contributed by atoms with Crippen molar-refractivity contribution in [2.75, 3.05) is 5.32 Å². The summed E-state index contributed by atoms with van der Waals surface area (Å²) in [6, 6.07) is 14.3. The van der Waals surface area contributed by atoms with Crippen molar-refractivity contribution in [1.29, 1.82) is 0 Å². The molecule has 1 saturated carbocycles. The molecule has 2 aromatic carbocycles. The third-order valence-electron chi connectivity index (χ3n) is 3.44. The van der Waals surface area contributed by atoms with Gasteiger partial charge in [-0.3, -0.25) is 0 Å². The first-order valence-corrected chi connectivity index (χ1v) is 7.26. The van der Waals surface area contributed by atoms with E-state index < -0.39 is 0 Å². The first-order chi connectivity index (χ1) is 9.22. The highest BCUT2D eigenvalue weighted by Gasteiger charge is 2.22. The molecule has 1 aliphatic carbocycles. The average molecular weight is 292 g/mol. The van der Waals surface area contributed by atoms with Crippen LogP contribution in [0.3, 0.4) is 0 Å². The Bertz CT molecular complexity index is 574. The molecule has 2 aromatic rings. The van der Waals surface area contributed by atoms with E-state index in [2.05, 4.69) is 29.6 Å². The van der Waals surface area contributed by atoms with Gasteiger partial charge >= 0.3 is 0 Å². The second-order valence-electron chi connectivity index (χ2n) is 4.99.